The number of aliphatic hydroxyl groups excluding tert-OH is 4. The van der Waals surface area contributed by atoms with Crippen molar-refractivity contribution in [2.24, 2.45) is 0 Å². The highest BCUT2D eigenvalue weighted by atomic mass is 35.5. The van der Waals surface area contributed by atoms with Gasteiger partial charge < -0.3 is 39.8 Å². The van der Waals surface area contributed by atoms with Crippen molar-refractivity contribution < 1.29 is 39.8 Å². The minimum absolute atomic E-state index is 0.0439. The quantitative estimate of drug-likeness (QED) is 0.520. The SMILES string of the molecule is O=C([O-])c1ccc(-c2ccc(O[C@H]3O[C@H](CO)[C@@H](O)[C@H](O)[C@@H]3O)cc2Cl)cc1. The lowest BCUT2D eigenvalue weighted by molar-refractivity contribution is -0.277. The van der Waals surface area contributed by atoms with Gasteiger partial charge in [0.05, 0.1) is 17.6 Å². The zero-order chi connectivity index (χ0) is 20.4. The fraction of sp³-hybridized carbons (Fsp3) is 0.316. The van der Waals surface area contributed by atoms with Crippen molar-refractivity contribution >= 4 is 17.6 Å². The van der Waals surface area contributed by atoms with Crippen molar-refractivity contribution in [1.29, 1.82) is 0 Å². The summed E-state index contributed by atoms with van der Waals surface area (Å²) in [6.07, 6.45) is -6.96. The average molecular weight is 410 g/mol. The summed E-state index contributed by atoms with van der Waals surface area (Å²) in [5.74, 6) is -1.05. The van der Waals surface area contributed by atoms with E-state index in [1.165, 1.54) is 18.2 Å². The van der Waals surface area contributed by atoms with Gasteiger partial charge >= 0.3 is 0 Å². The molecule has 0 saturated carbocycles. The normalized spacial score (nSPS) is 27.4. The van der Waals surface area contributed by atoms with Crippen LogP contribution in [0, 0.1) is 0 Å². The van der Waals surface area contributed by atoms with Crippen LogP contribution in [0.4, 0.5) is 0 Å². The summed E-state index contributed by atoms with van der Waals surface area (Å²) in [6.45, 7) is -0.563. The number of carboxylic acid groups (broad SMARTS) is 1. The van der Waals surface area contributed by atoms with Crippen LogP contribution in [0.15, 0.2) is 42.5 Å². The van der Waals surface area contributed by atoms with Gasteiger partial charge in [-0.15, -0.1) is 0 Å². The number of hydrogen-bond acceptors (Lipinski definition) is 8. The summed E-state index contributed by atoms with van der Waals surface area (Å²) >= 11 is 6.29. The second-order valence-electron chi connectivity index (χ2n) is 6.32. The Morgan fingerprint density at radius 3 is 2.32 bits per heavy atom. The van der Waals surface area contributed by atoms with E-state index in [2.05, 4.69) is 0 Å². The van der Waals surface area contributed by atoms with Crippen molar-refractivity contribution in [3.8, 4) is 16.9 Å². The molecule has 4 N–H and O–H groups in total. The number of aromatic carboxylic acids is 1. The molecule has 0 spiro atoms. The third-order valence-electron chi connectivity index (χ3n) is 4.47. The summed E-state index contributed by atoms with van der Waals surface area (Å²) in [7, 11) is 0. The van der Waals surface area contributed by atoms with Crippen LogP contribution in [-0.4, -0.2) is 63.7 Å². The molecule has 0 amide bonds. The van der Waals surface area contributed by atoms with E-state index in [0.717, 1.165) is 0 Å². The van der Waals surface area contributed by atoms with E-state index in [9.17, 15) is 30.3 Å². The van der Waals surface area contributed by atoms with E-state index in [0.29, 0.717) is 16.1 Å². The van der Waals surface area contributed by atoms with Gasteiger partial charge in [-0.25, -0.2) is 0 Å². The van der Waals surface area contributed by atoms with E-state index in [-0.39, 0.29) is 11.3 Å². The maximum Gasteiger partial charge on any atom is 0.229 e. The largest absolute Gasteiger partial charge is 0.545 e. The summed E-state index contributed by atoms with van der Waals surface area (Å²) in [5, 5.41) is 50.0. The van der Waals surface area contributed by atoms with Crippen LogP contribution >= 0.6 is 11.6 Å². The van der Waals surface area contributed by atoms with Crippen LogP contribution in [0.2, 0.25) is 5.02 Å². The van der Waals surface area contributed by atoms with Crippen LogP contribution in [0.3, 0.4) is 0 Å². The molecule has 0 aliphatic carbocycles. The number of carbonyl (C=O) groups is 1. The number of benzene rings is 2. The first-order chi connectivity index (χ1) is 13.3. The molecule has 0 radical (unpaired) electrons. The summed E-state index contributed by atoms with van der Waals surface area (Å²) in [5.41, 5.74) is 1.34. The third-order valence-corrected chi connectivity index (χ3v) is 4.79. The highest BCUT2D eigenvalue weighted by Gasteiger charge is 2.44. The molecular formula is C19H18ClO8-. The van der Waals surface area contributed by atoms with E-state index >= 15 is 0 Å². The number of halogens is 1. The lowest BCUT2D eigenvalue weighted by atomic mass is 9.99. The van der Waals surface area contributed by atoms with Crippen molar-refractivity contribution in [3.63, 3.8) is 0 Å². The number of rotatable bonds is 5. The zero-order valence-corrected chi connectivity index (χ0v) is 15.2. The van der Waals surface area contributed by atoms with Gasteiger partial charge in [0, 0.05) is 5.56 Å². The summed E-state index contributed by atoms with van der Waals surface area (Å²) in [4.78, 5) is 10.8. The third kappa shape index (κ3) is 4.12. The average Bonchev–Trinajstić information content (AvgIpc) is 2.68. The van der Waals surface area contributed by atoms with E-state index in [1.807, 2.05) is 0 Å². The molecule has 1 aliphatic heterocycles. The van der Waals surface area contributed by atoms with Crippen molar-refractivity contribution in [2.75, 3.05) is 6.61 Å². The van der Waals surface area contributed by atoms with Crippen molar-refractivity contribution in [3.05, 3.63) is 53.1 Å². The maximum absolute atomic E-state index is 10.8. The number of ether oxygens (including phenoxy) is 2. The molecule has 0 aromatic heterocycles. The van der Waals surface area contributed by atoms with Gasteiger partial charge in [-0.2, -0.15) is 0 Å². The molecule has 1 heterocycles. The Hall–Kier alpha value is -2.20. The van der Waals surface area contributed by atoms with Crippen LogP contribution in [0.5, 0.6) is 5.75 Å². The lowest BCUT2D eigenvalue weighted by Crippen LogP contribution is -2.60. The Balaban J connectivity index is 1.78. The second kappa shape index (κ2) is 8.44. The van der Waals surface area contributed by atoms with Gasteiger partial charge in [-0.05, 0) is 29.3 Å². The number of hydrogen-bond donors (Lipinski definition) is 4. The minimum atomic E-state index is -1.55. The number of carbonyl (C=O) groups excluding carboxylic acids is 1. The highest BCUT2D eigenvalue weighted by molar-refractivity contribution is 6.33. The highest BCUT2D eigenvalue weighted by Crippen LogP contribution is 2.33. The monoisotopic (exact) mass is 409 g/mol. The maximum atomic E-state index is 10.8. The fourth-order valence-electron chi connectivity index (χ4n) is 2.89. The molecule has 5 atom stereocenters. The van der Waals surface area contributed by atoms with E-state index < -0.39 is 43.3 Å². The fourth-order valence-corrected chi connectivity index (χ4v) is 3.17. The molecule has 2 aromatic carbocycles. The van der Waals surface area contributed by atoms with E-state index in [1.54, 1.807) is 24.3 Å². The molecule has 1 saturated heterocycles. The molecule has 28 heavy (non-hydrogen) atoms. The molecule has 3 rings (SSSR count). The Bertz CT molecular complexity index is 838. The van der Waals surface area contributed by atoms with Crippen LogP contribution in [-0.2, 0) is 4.74 Å². The molecular weight excluding hydrogens is 392 g/mol. The van der Waals surface area contributed by atoms with Gasteiger partial charge in [-0.3, -0.25) is 0 Å². The van der Waals surface area contributed by atoms with Crippen molar-refractivity contribution in [1.82, 2.24) is 0 Å². The molecule has 1 aliphatic rings. The molecule has 0 bridgehead atoms. The summed E-state index contributed by atoms with van der Waals surface area (Å²) in [6, 6.07) is 10.6. The van der Waals surface area contributed by atoms with Crippen LogP contribution in [0.1, 0.15) is 10.4 Å². The topological polar surface area (TPSA) is 140 Å². The first-order valence-electron chi connectivity index (χ1n) is 8.40. The molecule has 1 fully saturated rings. The van der Waals surface area contributed by atoms with Crippen molar-refractivity contribution in [2.45, 2.75) is 30.7 Å². The van der Waals surface area contributed by atoms with Gasteiger partial charge in [0.2, 0.25) is 6.29 Å². The van der Waals surface area contributed by atoms with Gasteiger partial charge in [0.1, 0.15) is 30.2 Å². The first-order valence-corrected chi connectivity index (χ1v) is 8.78. The number of carboxylic acids is 1. The Kier molecular flexibility index (Phi) is 6.19. The standard InChI is InChI=1S/C19H19ClO8/c20-13-7-11(27-19-17(24)16(23)15(22)14(8-21)28-19)5-6-12(13)9-1-3-10(4-2-9)18(25)26/h1-7,14-17,19,21-24H,8H2,(H,25,26)/p-1/t14-,15-,16+,17+,19+/m1/s1. The van der Waals surface area contributed by atoms with Crippen LogP contribution < -0.4 is 9.84 Å². The van der Waals surface area contributed by atoms with Gasteiger partial charge in [0.25, 0.3) is 0 Å². The Labute approximate surface area is 165 Å². The van der Waals surface area contributed by atoms with Gasteiger partial charge in [0.15, 0.2) is 0 Å². The summed E-state index contributed by atoms with van der Waals surface area (Å²) < 4.78 is 10.8. The zero-order valence-electron chi connectivity index (χ0n) is 14.4. The smallest absolute Gasteiger partial charge is 0.229 e. The Morgan fingerprint density at radius 1 is 1.07 bits per heavy atom. The lowest BCUT2D eigenvalue weighted by Gasteiger charge is -2.39. The minimum Gasteiger partial charge on any atom is -0.545 e. The predicted molar refractivity (Wildman–Crippen MR) is 95.6 cm³/mol. The molecule has 2 aromatic rings. The molecule has 150 valence electrons. The molecule has 8 nitrogen and oxygen atoms in total. The first kappa shape index (κ1) is 20.5. The second-order valence-corrected chi connectivity index (χ2v) is 6.73. The predicted octanol–water partition coefficient (Wildman–Crippen LogP) is -0.451. The Morgan fingerprint density at radius 2 is 1.75 bits per heavy atom. The number of aliphatic hydroxyl groups is 4. The van der Waals surface area contributed by atoms with Gasteiger partial charge in [-0.1, -0.05) is 35.9 Å². The molecule has 0 unspecified atom stereocenters. The van der Waals surface area contributed by atoms with E-state index in [4.69, 9.17) is 21.1 Å². The molecule has 9 heteroatoms. The van der Waals surface area contributed by atoms with Crippen LogP contribution in [0.25, 0.3) is 11.1 Å².